The molecule has 1 aromatic carbocycles. The number of aliphatic carboxylic acids is 1. The summed E-state index contributed by atoms with van der Waals surface area (Å²) in [6, 6.07) is 5.41. The van der Waals surface area contributed by atoms with E-state index in [1.54, 1.807) is 0 Å². The first-order chi connectivity index (χ1) is 11.8. The summed E-state index contributed by atoms with van der Waals surface area (Å²) in [7, 11) is 0. The molecular formula is C19H29N3O3. The first-order valence-electron chi connectivity index (χ1n) is 8.83. The lowest BCUT2D eigenvalue weighted by molar-refractivity contribution is -0.144. The van der Waals surface area contributed by atoms with E-state index in [0.29, 0.717) is 32.7 Å². The average molecular weight is 347 g/mol. The number of rotatable bonds is 6. The molecule has 1 saturated heterocycles. The van der Waals surface area contributed by atoms with Gasteiger partial charge in [-0.1, -0.05) is 23.8 Å². The zero-order valence-corrected chi connectivity index (χ0v) is 15.6. The number of amides is 1. The van der Waals surface area contributed by atoms with Gasteiger partial charge in [-0.15, -0.1) is 0 Å². The lowest BCUT2D eigenvalue weighted by Crippen LogP contribution is -2.52. The van der Waals surface area contributed by atoms with Gasteiger partial charge in [-0.2, -0.15) is 0 Å². The van der Waals surface area contributed by atoms with Crippen molar-refractivity contribution in [2.45, 2.75) is 39.8 Å². The van der Waals surface area contributed by atoms with Crippen LogP contribution in [0.3, 0.4) is 0 Å². The van der Waals surface area contributed by atoms with Crippen molar-refractivity contribution in [2.24, 2.45) is 0 Å². The van der Waals surface area contributed by atoms with Crippen LogP contribution in [0, 0.1) is 13.8 Å². The largest absolute Gasteiger partial charge is 0.480 e. The van der Waals surface area contributed by atoms with E-state index in [1.165, 1.54) is 0 Å². The van der Waals surface area contributed by atoms with Crippen LogP contribution in [0.25, 0.3) is 0 Å². The minimum atomic E-state index is -0.821. The van der Waals surface area contributed by atoms with Gasteiger partial charge in [-0.05, 0) is 38.8 Å². The summed E-state index contributed by atoms with van der Waals surface area (Å²) in [5, 5.41) is 12.7. The molecule has 2 N–H and O–H groups in total. The first-order valence-corrected chi connectivity index (χ1v) is 8.83. The van der Waals surface area contributed by atoms with Gasteiger partial charge in [0.1, 0.15) is 6.04 Å². The van der Waals surface area contributed by atoms with Gasteiger partial charge in [0.05, 0.1) is 6.54 Å². The van der Waals surface area contributed by atoms with Crippen LogP contribution in [0.5, 0.6) is 0 Å². The van der Waals surface area contributed by atoms with E-state index in [4.69, 9.17) is 0 Å². The van der Waals surface area contributed by atoms with Crippen LogP contribution >= 0.6 is 0 Å². The number of nitrogens with one attached hydrogen (secondary N) is 1. The lowest BCUT2D eigenvalue weighted by Gasteiger charge is -2.38. The van der Waals surface area contributed by atoms with Crippen molar-refractivity contribution in [3.05, 3.63) is 34.9 Å². The molecule has 2 rings (SSSR count). The fraction of sp³-hybridized carbons (Fsp3) is 0.579. The average Bonchev–Trinajstić information content (AvgIpc) is 2.50. The molecule has 1 aliphatic rings. The normalized spacial score (nSPS) is 17.5. The maximum Gasteiger partial charge on any atom is 0.325 e. The second-order valence-corrected chi connectivity index (χ2v) is 7.14. The Balaban J connectivity index is 2.01. The quantitative estimate of drug-likeness (QED) is 0.817. The fourth-order valence-corrected chi connectivity index (χ4v) is 3.37. The number of hydrogen-bond acceptors (Lipinski definition) is 4. The lowest BCUT2D eigenvalue weighted by atomic mass is 9.97. The third kappa shape index (κ3) is 5.28. The Labute approximate surface area is 149 Å². The monoisotopic (exact) mass is 347 g/mol. The third-order valence-electron chi connectivity index (χ3n) is 4.54. The van der Waals surface area contributed by atoms with E-state index >= 15 is 0 Å². The van der Waals surface area contributed by atoms with Gasteiger partial charge < -0.3 is 10.4 Å². The molecule has 0 bridgehead atoms. The summed E-state index contributed by atoms with van der Waals surface area (Å²) in [6.07, 6.45) is 0. The van der Waals surface area contributed by atoms with Crippen LogP contribution in [0.1, 0.15) is 36.6 Å². The van der Waals surface area contributed by atoms with Crippen LogP contribution in [-0.2, 0) is 9.59 Å². The van der Waals surface area contributed by atoms with Gasteiger partial charge in [0, 0.05) is 32.2 Å². The first kappa shape index (κ1) is 19.4. The number of piperazine rings is 1. The summed E-state index contributed by atoms with van der Waals surface area (Å²) in [4.78, 5) is 27.9. The molecule has 25 heavy (non-hydrogen) atoms. The van der Waals surface area contributed by atoms with Gasteiger partial charge in [0.2, 0.25) is 5.91 Å². The van der Waals surface area contributed by atoms with Crippen LogP contribution in [-0.4, -0.2) is 65.5 Å². The summed E-state index contributed by atoms with van der Waals surface area (Å²) in [5.41, 5.74) is 2.99. The summed E-state index contributed by atoms with van der Waals surface area (Å²) < 4.78 is 0. The van der Waals surface area contributed by atoms with E-state index in [0.717, 1.165) is 16.7 Å². The van der Waals surface area contributed by atoms with Crippen LogP contribution in [0.2, 0.25) is 0 Å². The molecule has 1 aliphatic heterocycles. The van der Waals surface area contributed by atoms with Crippen molar-refractivity contribution in [1.29, 1.82) is 0 Å². The number of nitrogens with zero attached hydrogens (tertiary/aromatic N) is 2. The minimum absolute atomic E-state index is 0.0209. The number of carbonyl (C=O) groups excluding carboxylic acids is 1. The Kier molecular flexibility index (Phi) is 6.56. The summed E-state index contributed by atoms with van der Waals surface area (Å²) >= 11 is 0. The molecule has 6 nitrogen and oxygen atoms in total. The van der Waals surface area contributed by atoms with Crippen LogP contribution in [0.15, 0.2) is 18.2 Å². The van der Waals surface area contributed by atoms with Crippen LogP contribution < -0.4 is 5.32 Å². The molecule has 6 heteroatoms. The maximum absolute atomic E-state index is 11.9. The molecule has 0 spiro atoms. The molecule has 0 aromatic heterocycles. The zero-order valence-electron chi connectivity index (χ0n) is 15.6. The molecular weight excluding hydrogens is 318 g/mol. The molecule has 1 amide bonds. The molecule has 1 fully saturated rings. The molecule has 1 atom stereocenters. The summed E-state index contributed by atoms with van der Waals surface area (Å²) in [5.74, 6) is -0.800. The molecule has 0 radical (unpaired) electrons. The van der Waals surface area contributed by atoms with E-state index in [1.807, 2.05) is 50.8 Å². The minimum Gasteiger partial charge on any atom is -0.480 e. The molecule has 0 unspecified atom stereocenters. The summed E-state index contributed by atoms with van der Waals surface area (Å²) in [6.45, 7) is 10.9. The molecule has 0 saturated carbocycles. The van der Waals surface area contributed by atoms with Crippen molar-refractivity contribution in [1.82, 2.24) is 15.1 Å². The highest BCUT2D eigenvalue weighted by Crippen LogP contribution is 2.26. The highest BCUT2D eigenvalue weighted by molar-refractivity contribution is 5.78. The second kappa shape index (κ2) is 8.45. The Morgan fingerprint density at radius 1 is 1.16 bits per heavy atom. The van der Waals surface area contributed by atoms with Gasteiger partial charge in [0.15, 0.2) is 0 Å². The Morgan fingerprint density at radius 3 is 2.32 bits per heavy atom. The number of carboxylic acids is 1. The number of aryl methyl sites for hydroxylation is 2. The highest BCUT2D eigenvalue weighted by atomic mass is 16.4. The highest BCUT2D eigenvalue weighted by Gasteiger charge is 2.31. The Bertz CT molecular complexity index is 622. The van der Waals surface area contributed by atoms with Crippen molar-refractivity contribution >= 4 is 11.9 Å². The van der Waals surface area contributed by atoms with E-state index in [2.05, 4.69) is 10.2 Å². The SMILES string of the molecule is Cc1ccc([C@H](C(=O)O)N2CCN(CC(=O)NC(C)C)CC2)c(C)c1. The number of carboxylic acid groups (broad SMARTS) is 1. The smallest absolute Gasteiger partial charge is 0.325 e. The van der Waals surface area contributed by atoms with Crippen molar-refractivity contribution in [3.8, 4) is 0 Å². The maximum atomic E-state index is 11.9. The van der Waals surface area contributed by atoms with Gasteiger partial charge >= 0.3 is 5.97 Å². The number of carbonyl (C=O) groups is 2. The molecule has 0 aliphatic carbocycles. The predicted octanol–water partition coefficient (Wildman–Crippen LogP) is 1.57. The standard InChI is InChI=1S/C19H29N3O3/c1-13(2)20-17(23)12-21-7-9-22(10-8-21)18(19(24)25)16-6-5-14(3)11-15(16)4/h5-6,11,13,18H,7-10,12H2,1-4H3,(H,20,23)(H,24,25)/t18-/m1/s1. The van der Waals surface area contributed by atoms with Crippen molar-refractivity contribution in [2.75, 3.05) is 32.7 Å². The van der Waals surface area contributed by atoms with Gasteiger partial charge in [-0.25, -0.2) is 0 Å². The Morgan fingerprint density at radius 2 is 1.80 bits per heavy atom. The van der Waals surface area contributed by atoms with E-state index in [9.17, 15) is 14.7 Å². The second-order valence-electron chi connectivity index (χ2n) is 7.14. The number of hydrogen-bond donors (Lipinski definition) is 2. The van der Waals surface area contributed by atoms with Crippen molar-refractivity contribution < 1.29 is 14.7 Å². The number of benzene rings is 1. The van der Waals surface area contributed by atoms with Crippen LogP contribution in [0.4, 0.5) is 0 Å². The fourth-order valence-electron chi connectivity index (χ4n) is 3.37. The third-order valence-corrected chi connectivity index (χ3v) is 4.54. The van der Waals surface area contributed by atoms with Crippen molar-refractivity contribution in [3.63, 3.8) is 0 Å². The van der Waals surface area contributed by atoms with E-state index < -0.39 is 12.0 Å². The predicted molar refractivity (Wildman–Crippen MR) is 97.6 cm³/mol. The molecule has 1 aromatic rings. The zero-order chi connectivity index (χ0) is 18.6. The molecule has 1 heterocycles. The molecule has 138 valence electrons. The van der Waals surface area contributed by atoms with E-state index in [-0.39, 0.29) is 11.9 Å². The topological polar surface area (TPSA) is 72.9 Å². The van der Waals surface area contributed by atoms with Gasteiger partial charge in [0.25, 0.3) is 0 Å². The van der Waals surface area contributed by atoms with Gasteiger partial charge in [-0.3, -0.25) is 19.4 Å². The Hall–Kier alpha value is -1.92.